The van der Waals surface area contributed by atoms with Crippen LogP contribution in [-0.2, 0) is 6.54 Å². The van der Waals surface area contributed by atoms with Gasteiger partial charge in [0.2, 0.25) is 0 Å². The topological polar surface area (TPSA) is 34.9 Å². The molecule has 0 aliphatic rings. The normalized spacial score (nSPS) is 10.5. The summed E-state index contributed by atoms with van der Waals surface area (Å²) in [5.41, 5.74) is 1.41. The predicted molar refractivity (Wildman–Crippen MR) is 68.4 cm³/mol. The molecule has 0 fully saturated rings. The van der Waals surface area contributed by atoms with E-state index < -0.39 is 0 Å². The molecule has 1 aromatic carbocycles. The zero-order valence-electron chi connectivity index (χ0n) is 9.56. The van der Waals surface area contributed by atoms with Crippen LogP contribution in [0.2, 0.25) is 5.02 Å². The summed E-state index contributed by atoms with van der Waals surface area (Å²) in [6.07, 6.45) is 5.50. The number of rotatable bonds is 4. The van der Waals surface area contributed by atoms with E-state index >= 15 is 0 Å². The van der Waals surface area contributed by atoms with E-state index in [4.69, 9.17) is 11.6 Å². The number of halogens is 1. The summed E-state index contributed by atoms with van der Waals surface area (Å²) in [6.45, 7) is 3.02. The molecule has 17 heavy (non-hydrogen) atoms. The zero-order valence-corrected chi connectivity index (χ0v) is 10.3. The quantitative estimate of drug-likeness (QED) is 0.777. The average Bonchev–Trinajstić information content (AvgIpc) is 2.78. The molecule has 2 aromatic rings. The molecular formula is C13H13ClN2O. The summed E-state index contributed by atoms with van der Waals surface area (Å²) in [7, 11) is 0. The van der Waals surface area contributed by atoms with Crippen LogP contribution in [0, 0.1) is 0 Å². The maximum atomic E-state index is 10.8. The third kappa shape index (κ3) is 2.39. The molecule has 2 rings (SSSR count). The molecule has 0 aliphatic carbocycles. The van der Waals surface area contributed by atoms with Gasteiger partial charge in [0.25, 0.3) is 0 Å². The Balaban J connectivity index is 2.45. The van der Waals surface area contributed by atoms with Crippen LogP contribution in [0.5, 0.6) is 0 Å². The maximum Gasteiger partial charge on any atom is 0.151 e. The van der Waals surface area contributed by atoms with Crippen molar-refractivity contribution in [1.82, 2.24) is 9.55 Å². The monoisotopic (exact) mass is 248 g/mol. The molecule has 0 radical (unpaired) electrons. The number of aldehydes is 1. The first-order valence-corrected chi connectivity index (χ1v) is 5.90. The Hall–Kier alpha value is -1.61. The number of imidazole rings is 1. The van der Waals surface area contributed by atoms with E-state index in [1.807, 2.05) is 12.3 Å². The van der Waals surface area contributed by atoms with E-state index in [0.717, 1.165) is 30.6 Å². The lowest BCUT2D eigenvalue weighted by Crippen LogP contribution is -1.98. The first-order chi connectivity index (χ1) is 8.26. The predicted octanol–water partition coefficient (Wildman–Crippen LogP) is 3.43. The highest BCUT2D eigenvalue weighted by molar-refractivity contribution is 6.33. The third-order valence-electron chi connectivity index (χ3n) is 2.56. The Labute approximate surface area is 105 Å². The van der Waals surface area contributed by atoms with E-state index in [1.54, 1.807) is 18.3 Å². The van der Waals surface area contributed by atoms with Gasteiger partial charge in [-0.2, -0.15) is 0 Å². The highest BCUT2D eigenvalue weighted by atomic mass is 35.5. The van der Waals surface area contributed by atoms with Crippen molar-refractivity contribution in [1.29, 1.82) is 0 Å². The molecule has 0 amide bonds. The van der Waals surface area contributed by atoms with Crippen molar-refractivity contribution in [2.45, 2.75) is 19.9 Å². The number of hydrogen-bond donors (Lipinski definition) is 0. The van der Waals surface area contributed by atoms with Crippen LogP contribution in [0.15, 0.2) is 30.6 Å². The first-order valence-electron chi connectivity index (χ1n) is 5.52. The molecule has 0 bridgehead atoms. The third-order valence-corrected chi connectivity index (χ3v) is 2.91. The molecule has 3 nitrogen and oxygen atoms in total. The molecule has 0 N–H and O–H groups in total. The molecular weight excluding hydrogens is 236 g/mol. The van der Waals surface area contributed by atoms with Gasteiger partial charge in [0, 0.05) is 30.1 Å². The molecule has 0 saturated heterocycles. The highest BCUT2D eigenvalue weighted by Gasteiger charge is 2.07. The van der Waals surface area contributed by atoms with Crippen molar-refractivity contribution in [2.75, 3.05) is 0 Å². The van der Waals surface area contributed by atoms with Gasteiger partial charge >= 0.3 is 0 Å². The average molecular weight is 249 g/mol. The Bertz CT molecular complexity index is 534. The smallest absolute Gasteiger partial charge is 0.151 e. The number of nitrogens with zero attached hydrogens (tertiary/aromatic N) is 2. The van der Waals surface area contributed by atoms with Crippen LogP contribution in [-0.4, -0.2) is 15.8 Å². The minimum Gasteiger partial charge on any atom is -0.331 e. The van der Waals surface area contributed by atoms with Crippen molar-refractivity contribution in [3.05, 3.63) is 41.2 Å². The van der Waals surface area contributed by atoms with Gasteiger partial charge in [-0.3, -0.25) is 4.79 Å². The van der Waals surface area contributed by atoms with Crippen LogP contribution in [0.25, 0.3) is 11.4 Å². The van der Waals surface area contributed by atoms with Gasteiger partial charge in [0.05, 0.1) is 5.02 Å². The number of benzene rings is 1. The fraction of sp³-hybridized carbons (Fsp3) is 0.231. The lowest BCUT2D eigenvalue weighted by Gasteiger charge is -2.07. The Morgan fingerprint density at radius 2 is 2.29 bits per heavy atom. The van der Waals surface area contributed by atoms with Gasteiger partial charge < -0.3 is 4.57 Å². The summed E-state index contributed by atoms with van der Waals surface area (Å²) >= 11 is 5.90. The van der Waals surface area contributed by atoms with Crippen LogP contribution < -0.4 is 0 Å². The van der Waals surface area contributed by atoms with Gasteiger partial charge in [0.1, 0.15) is 5.82 Å². The van der Waals surface area contributed by atoms with Crippen molar-refractivity contribution < 1.29 is 4.79 Å². The Morgan fingerprint density at radius 1 is 1.47 bits per heavy atom. The first kappa shape index (κ1) is 11.9. The molecule has 0 spiro atoms. The van der Waals surface area contributed by atoms with Crippen molar-refractivity contribution in [3.63, 3.8) is 0 Å². The van der Waals surface area contributed by atoms with E-state index in [1.165, 1.54) is 0 Å². The summed E-state index contributed by atoms with van der Waals surface area (Å²) < 4.78 is 2.07. The van der Waals surface area contributed by atoms with Gasteiger partial charge in [-0.25, -0.2) is 4.98 Å². The van der Waals surface area contributed by atoms with Gasteiger partial charge in [0.15, 0.2) is 6.29 Å². The molecule has 0 saturated carbocycles. The minimum absolute atomic E-state index is 0.470. The van der Waals surface area contributed by atoms with E-state index in [-0.39, 0.29) is 0 Å². The summed E-state index contributed by atoms with van der Waals surface area (Å²) in [5, 5.41) is 0.470. The fourth-order valence-electron chi connectivity index (χ4n) is 1.76. The molecule has 0 atom stereocenters. The fourth-order valence-corrected chi connectivity index (χ4v) is 1.93. The van der Waals surface area contributed by atoms with E-state index in [0.29, 0.717) is 10.6 Å². The zero-order chi connectivity index (χ0) is 12.3. The largest absolute Gasteiger partial charge is 0.331 e. The van der Waals surface area contributed by atoms with Crippen LogP contribution in [0.1, 0.15) is 23.7 Å². The molecule has 1 heterocycles. The van der Waals surface area contributed by atoms with Crippen LogP contribution >= 0.6 is 11.6 Å². The number of hydrogen-bond acceptors (Lipinski definition) is 2. The van der Waals surface area contributed by atoms with Crippen LogP contribution in [0.3, 0.4) is 0 Å². The molecule has 0 unspecified atom stereocenters. The van der Waals surface area contributed by atoms with E-state index in [9.17, 15) is 4.79 Å². The lowest BCUT2D eigenvalue weighted by molar-refractivity contribution is 0.112. The highest BCUT2D eigenvalue weighted by Crippen LogP contribution is 2.23. The standard InChI is InChI=1S/C13H13ClN2O/c1-2-6-16-7-5-15-13(16)10-3-4-12(14)11(8-10)9-17/h3-5,7-9H,2,6H2,1H3. The van der Waals surface area contributed by atoms with Crippen LogP contribution in [0.4, 0.5) is 0 Å². The maximum absolute atomic E-state index is 10.8. The SMILES string of the molecule is CCCn1ccnc1-c1ccc(Cl)c(C=O)c1. The summed E-state index contributed by atoms with van der Waals surface area (Å²) in [4.78, 5) is 15.2. The molecule has 1 aromatic heterocycles. The van der Waals surface area contributed by atoms with E-state index in [2.05, 4.69) is 16.5 Å². The number of carbonyl (C=O) groups excluding carboxylic acids is 1. The summed E-state index contributed by atoms with van der Waals surface area (Å²) in [5.74, 6) is 0.867. The van der Waals surface area contributed by atoms with Gasteiger partial charge in [-0.15, -0.1) is 0 Å². The molecule has 88 valence electrons. The van der Waals surface area contributed by atoms with Gasteiger partial charge in [-0.05, 0) is 24.6 Å². The van der Waals surface area contributed by atoms with Crippen molar-refractivity contribution in [2.24, 2.45) is 0 Å². The van der Waals surface area contributed by atoms with Gasteiger partial charge in [-0.1, -0.05) is 18.5 Å². The molecule has 4 heteroatoms. The second-order valence-corrected chi connectivity index (χ2v) is 4.21. The Morgan fingerprint density at radius 3 is 3.00 bits per heavy atom. The second kappa shape index (κ2) is 5.15. The summed E-state index contributed by atoms with van der Waals surface area (Å²) in [6, 6.07) is 5.37. The second-order valence-electron chi connectivity index (χ2n) is 3.80. The van der Waals surface area contributed by atoms with Crippen molar-refractivity contribution in [3.8, 4) is 11.4 Å². The minimum atomic E-state index is 0.470. The lowest BCUT2D eigenvalue weighted by atomic mass is 10.1. The molecule has 0 aliphatic heterocycles. The Kier molecular flexibility index (Phi) is 3.59. The number of aryl methyl sites for hydroxylation is 1. The number of aromatic nitrogens is 2. The van der Waals surface area contributed by atoms with Crippen molar-refractivity contribution >= 4 is 17.9 Å². The number of carbonyl (C=O) groups is 1.